The van der Waals surface area contributed by atoms with Crippen LogP contribution in [0.25, 0.3) is 5.52 Å². The molecule has 9 rings (SSSR count). The first-order chi connectivity index (χ1) is 46.2. The minimum Gasteiger partial charge on any atom is -0.476 e. The van der Waals surface area contributed by atoms with E-state index in [-0.39, 0.29) is 96.5 Å². The van der Waals surface area contributed by atoms with Crippen LogP contribution in [0.1, 0.15) is 218 Å². The van der Waals surface area contributed by atoms with Crippen molar-refractivity contribution in [1.82, 2.24) is 69.9 Å². The Hall–Kier alpha value is -6.89. The van der Waals surface area contributed by atoms with Crippen LogP contribution < -0.4 is 39.9 Å². The lowest BCUT2D eigenvalue weighted by Crippen LogP contribution is -2.22. The number of hydrogen-bond donors (Lipinski definition) is 11. The van der Waals surface area contributed by atoms with Crippen molar-refractivity contribution >= 4 is 124 Å². The number of carbonyl (C=O) groups is 5. The molecule has 0 spiro atoms. The molecule has 1 aromatic carbocycles. The Kier molecular flexibility index (Phi) is 55.7. The molecule has 2 aliphatic rings. The highest BCUT2D eigenvalue weighted by Crippen LogP contribution is 2.23. The van der Waals surface area contributed by atoms with E-state index in [9.17, 15) is 41.6 Å². The Morgan fingerprint density at radius 2 is 1.16 bits per heavy atom. The van der Waals surface area contributed by atoms with Crippen LogP contribution in [0.4, 0.5) is 10.3 Å². The van der Waals surface area contributed by atoms with Gasteiger partial charge in [0, 0.05) is 95.1 Å². The lowest BCUT2D eigenvalue weighted by molar-refractivity contribution is -0.115. The van der Waals surface area contributed by atoms with Crippen LogP contribution in [0.5, 0.6) is 0 Å². The third-order valence-corrected chi connectivity index (χ3v) is 15.6. The van der Waals surface area contributed by atoms with E-state index < -0.39 is 23.2 Å². The van der Waals surface area contributed by atoms with Crippen molar-refractivity contribution in [2.75, 3.05) is 64.3 Å². The molecular weight excluding hydrogens is 1600 g/mol. The number of aromatic nitrogens is 12. The number of nitrogens with zero attached hydrogens (tertiary/aromatic N) is 11. The molecule has 0 saturated carbocycles. The Labute approximate surface area is 632 Å². The van der Waals surface area contributed by atoms with Crippen LogP contribution in [0.3, 0.4) is 0 Å². The summed E-state index contributed by atoms with van der Waals surface area (Å²) < 4.78 is 47.9. The number of aromatic amines is 2. The number of ketones is 3. The summed E-state index contributed by atoms with van der Waals surface area (Å²) >= 11 is 7.68. The molecular formula is C63H111Br2FIN19O13S2. The highest BCUT2D eigenvalue weighted by molar-refractivity contribution is 14.0. The molecule has 0 amide bonds. The number of carboxylic acids is 1. The second-order valence-electron chi connectivity index (χ2n) is 22.6. The number of hydrogen-bond acceptors (Lipinski definition) is 25. The number of nitrogen functional groups attached to an aromatic ring is 2. The summed E-state index contributed by atoms with van der Waals surface area (Å²) in [6.07, 6.45) is 10.8. The summed E-state index contributed by atoms with van der Waals surface area (Å²) in [6, 6.07) is 3.55. The van der Waals surface area contributed by atoms with E-state index in [1.165, 1.54) is 37.8 Å². The van der Waals surface area contributed by atoms with Gasteiger partial charge in [0.1, 0.15) is 55.4 Å². The minimum absolute atomic E-state index is 0. The predicted octanol–water partition coefficient (Wildman–Crippen LogP) is 9.15. The number of aliphatic hydroxyl groups excluding tert-OH is 2. The van der Waals surface area contributed by atoms with Crippen LogP contribution in [-0.2, 0) is 30.5 Å². The second kappa shape index (κ2) is 54.8. The number of anilines is 1. The largest absolute Gasteiger partial charge is 0.476 e. The number of carboxylic acid groups (broad SMARTS) is 1. The van der Waals surface area contributed by atoms with E-state index in [2.05, 4.69) is 106 Å². The number of fused-ring (bicyclic) bond motifs is 2. The Balaban J connectivity index is -0.000000254. The first-order valence-electron chi connectivity index (χ1n) is 31.1. The van der Waals surface area contributed by atoms with Crippen molar-refractivity contribution in [2.24, 2.45) is 16.8 Å². The van der Waals surface area contributed by atoms with Gasteiger partial charge in [-0.15, -0.1) is 29.1 Å². The number of H-pyrrole nitrogens is 2. The summed E-state index contributed by atoms with van der Waals surface area (Å²) in [4.78, 5) is 94.7. The molecule has 6 aromatic heterocycles. The third kappa shape index (κ3) is 37.2. The van der Waals surface area contributed by atoms with E-state index in [0.717, 1.165) is 84.5 Å². The number of Topliss-reactive ketones (excluding diaryl/α,β-unsaturated/α-hetero) is 3. The highest BCUT2D eigenvalue weighted by Gasteiger charge is 2.22. The van der Waals surface area contributed by atoms with Crippen molar-refractivity contribution in [3.63, 3.8) is 0 Å². The maximum Gasteiger partial charge on any atom is 0.356 e. The molecule has 0 unspecified atom stereocenters. The smallest absolute Gasteiger partial charge is 0.356 e. The number of aliphatic imine (C=N–C) groups is 1. The number of carbonyl (C=O) groups excluding carboxylic acids is 4. The van der Waals surface area contributed by atoms with Gasteiger partial charge in [0.05, 0.1) is 39.9 Å². The van der Waals surface area contributed by atoms with Crippen LogP contribution in [0, 0.1) is 33.6 Å². The summed E-state index contributed by atoms with van der Waals surface area (Å²) in [5.74, 6) is 21.3. The number of aliphatic hydroxyl groups is 2. The number of aldehydes is 1. The van der Waals surface area contributed by atoms with Crippen LogP contribution >= 0.6 is 67.6 Å². The first kappa shape index (κ1) is 103. The van der Waals surface area contributed by atoms with Gasteiger partial charge in [-0.3, -0.25) is 33.1 Å². The Bertz CT molecular complexity index is 3680. The molecule has 576 valence electrons. The zero-order chi connectivity index (χ0) is 77.4. The predicted molar refractivity (Wildman–Crippen MR) is 417 cm³/mol. The lowest BCUT2D eigenvalue weighted by Gasteiger charge is -2.09. The van der Waals surface area contributed by atoms with Crippen molar-refractivity contribution < 1.29 is 63.2 Å². The average molecular weight is 1710 g/mol. The number of alkyl halides is 3. The van der Waals surface area contributed by atoms with Gasteiger partial charge in [-0.05, 0) is 52.0 Å². The van der Waals surface area contributed by atoms with Gasteiger partial charge >= 0.3 is 16.1 Å². The van der Waals surface area contributed by atoms with Gasteiger partial charge in [0.25, 0.3) is 5.56 Å². The zero-order valence-electron chi connectivity index (χ0n) is 62.9. The number of halogens is 4. The Morgan fingerprint density at radius 3 is 1.45 bits per heavy atom. The highest BCUT2D eigenvalue weighted by atomic mass is 127. The molecule has 18 N–H and O–H groups in total. The number of aryl methyl sites for hydroxylation is 4. The van der Waals surface area contributed by atoms with Gasteiger partial charge < -0.3 is 64.0 Å². The van der Waals surface area contributed by atoms with E-state index in [0.29, 0.717) is 58.2 Å². The van der Waals surface area contributed by atoms with E-state index in [1.807, 2.05) is 95.5 Å². The number of benzene rings is 1. The van der Waals surface area contributed by atoms with E-state index in [1.54, 1.807) is 59.2 Å². The zero-order valence-corrected chi connectivity index (χ0v) is 69.1. The van der Waals surface area contributed by atoms with Crippen molar-refractivity contribution in [3.05, 3.63) is 122 Å². The molecule has 32 nitrogen and oxygen atoms in total. The molecule has 0 atom stereocenters. The van der Waals surface area contributed by atoms with Gasteiger partial charge in [-0.1, -0.05) is 144 Å². The molecule has 0 bridgehead atoms. The number of imidazole rings is 5. The molecule has 0 fully saturated rings. The topological polar surface area (TPSA) is 516 Å². The monoisotopic (exact) mass is 1710 g/mol. The fraction of sp³-hybridized carbons (Fsp3) is 0.540. The maximum absolute atomic E-state index is 12.1. The van der Waals surface area contributed by atoms with Gasteiger partial charge in [0.15, 0.2) is 33.7 Å². The molecule has 0 aliphatic carbocycles. The molecule has 0 radical (unpaired) electrons. The van der Waals surface area contributed by atoms with E-state index in [4.69, 9.17) is 34.3 Å². The van der Waals surface area contributed by atoms with Crippen LogP contribution in [-0.4, -0.2) is 173 Å². The van der Waals surface area contributed by atoms with Crippen molar-refractivity contribution in [2.45, 2.75) is 176 Å². The number of rotatable bonds is 12. The van der Waals surface area contributed by atoms with Crippen LogP contribution in [0.15, 0.2) is 57.8 Å². The van der Waals surface area contributed by atoms with Crippen LogP contribution in [0.2, 0.25) is 0 Å². The number of aromatic carboxylic acids is 1. The van der Waals surface area contributed by atoms with Gasteiger partial charge in [-0.2, -0.15) is 18.6 Å². The summed E-state index contributed by atoms with van der Waals surface area (Å²) in [6.45, 7) is 39.1. The maximum atomic E-state index is 12.1. The molecule has 38 heteroatoms. The normalized spacial score (nSPS) is 11.1. The molecule has 101 heavy (non-hydrogen) atoms. The summed E-state index contributed by atoms with van der Waals surface area (Å²) in [5, 5.41) is 34.3. The summed E-state index contributed by atoms with van der Waals surface area (Å²) in [7, 11) is -2.80. The summed E-state index contributed by atoms with van der Waals surface area (Å²) in [5.41, 5.74) is 5.03. The SMILES string of the molecule is CC(=O)C(Br)Br.CC(=O)c1cnc(C(C)C)[nH]1.CC(=O)c1cnc(C(C)C)n1N.CC(C)C=O.CC(C)c1ncc(C(=O)O)n1N.CC(C)c1ncc2c(=O)n3c(nn12)NCC3.CO.CO.CSC1=NCCN1.Cc1cc(C)c(S(=O)(=O)ON)c(C)c1.Cc1cnc(C(C)C)[nH]1.I.N.O.[2H]CF. The molecule has 8 heterocycles. The Morgan fingerprint density at radius 1 is 0.723 bits per heavy atom. The fourth-order valence-electron chi connectivity index (χ4n) is 7.69. The first-order valence-corrected chi connectivity index (χ1v) is 34.9. The standard InChI is InChI=1S/C10H13N5O.C9H13NO3S.C8H13N3O.C8H12N2O.C7H11N3O2.C7H12N2.C4H8N2S.C4H8O.C3H4Br2O.CH3F.2CH4O.HI.H3N.H2O/c1-6(2)8-12-5-7-9(16)14-4-3-11-10(14)13-15(7)8;1-6-4-7(2)9(8(3)5-6)14(11,12)13-10;1-5(2)8-10-4-7(6(3)12)11(8)9;1-5(2)8-9-4-7(10-8)6(3)11;1-4(2)6-9-3-5(7(11)12)10(6)8;1-5(2)7-8-4-6(3)9-7;1-7-4-5-2-3-6-4;1-4(2)3-5;1-2(6)3(4)5;3*1-2;;;/h5-6H,3-4H2,1-2H3,(H,11,13);4-5H,10H2,1-3H3;4-5H,9H2,1-3H3;4-5H,1-3H3,(H,9,10);3-4H,8H2,1-2H3,(H,11,12);4-5H,1-3H3,(H,8,9);2-3H2,1H3,(H,5,6);3-4H,1-2H3;3H,1H3;1H3;2*2H,1H3;1H;1H3;1H2/i;;;;;;;;;1D;;;;;. The number of thioether (sulfide) groups is 1. The third-order valence-electron chi connectivity index (χ3n) is 12.3. The molecule has 7 aromatic rings. The lowest BCUT2D eigenvalue weighted by atomic mass is 10.1. The molecule has 0 saturated heterocycles. The van der Waals surface area contributed by atoms with Gasteiger partial charge in [0.2, 0.25) is 5.95 Å². The van der Waals surface area contributed by atoms with Gasteiger partial charge in [-0.25, -0.2) is 43.6 Å². The quantitative estimate of drug-likeness (QED) is 0.0135. The van der Waals surface area contributed by atoms with Crippen molar-refractivity contribution in [1.29, 1.82) is 0 Å². The minimum atomic E-state index is -3.80. The number of nitrogens with two attached hydrogens (primary N) is 3. The van der Waals surface area contributed by atoms with E-state index >= 15 is 0 Å². The fourth-order valence-corrected chi connectivity index (χ4v) is 9.16. The average Bonchev–Trinajstić information content (AvgIpc) is 1.61. The number of amidine groups is 1. The second-order valence-corrected chi connectivity index (χ2v) is 27.9. The molecule has 2 aliphatic heterocycles. The number of nitrogens with one attached hydrogen (secondary N) is 4. The van der Waals surface area contributed by atoms with Crippen molar-refractivity contribution in [3.8, 4) is 0 Å².